The molecule has 0 atom stereocenters. The van der Waals surface area contributed by atoms with Crippen LogP contribution >= 0.6 is 11.3 Å². The van der Waals surface area contributed by atoms with E-state index in [2.05, 4.69) is 6.07 Å². The number of anilines is 1. The number of fused-ring (bicyclic) bond motifs is 1. The average Bonchev–Trinajstić information content (AvgIpc) is 2.81. The van der Waals surface area contributed by atoms with Gasteiger partial charge in [0.2, 0.25) is 5.91 Å². The van der Waals surface area contributed by atoms with E-state index in [1.54, 1.807) is 4.90 Å². The maximum atomic E-state index is 12.6. The van der Waals surface area contributed by atoms with Crippen LogP contribution in [0.15, 0.2) is 0 Å². The van der Waals surface area contributed by atoms with Crippen LogP contribution in [0.2, 0.25) is 0 Å². The van der Waals surface area contributed by atoms with Gasteiger partial charge in [-0.15, -0.1) is 11.3 Å². The number of nitrogen functional groups attached to an aromatic ring is 1. The highest BCUT2D eigenvalue weighted by Crippen LogP contribution is 2.35. The summed E-state index contributed by atoms with van der Waals surface area (Å²) in [6.45, 7) is 5.14. The fraction of sp³-hybridized carbons (Fsp3) is 0.647. The Labute approximate surface area is 141 Å². The van der Waals surface area contributed by atoms with Crippen molar-refractivity contribution in [1.82, 2.24) is 4.90 Å². The molecule has 1 aliphatic heterocycles. The molecule has 0 radical (unpaired) electrons. The second-order valence-corrected chi connectivity index (χ2v) is 7.46. The van der Waals surface area contributed by atoms with Crippen LogP contribution in [0, 0.1) is 11.3 Å². The smallest absolute Gasteiger partial charge is 0.225 e. The van der Waals surface area contributed by atoms with Gasteiger partial charge in [-0.3, -0.25) is 4.79 Å². The third kappa shape index (κ3) is 3.85. The Morgan fingerprint density at radius 2 is 2.09 bits per heavy atom. The van der Waals surface area contributed by atoms with Crippen LogP contribution < -0.4 is 5.73 Å². The largest absolute Gasteiger partial charge is 0.389 e. The summed E-state index contributed by atoms with van der Waals surface area (Å²) >= 11 is 1.40. The zero-order chi connectivity index (χ0) is 17.0. The Morgan fingerprint density at radius 1 is 1.43 bits per heavy atom. The second-order valence-electron chi connectivity index (χ2n) is 6.32. The van der Waals surface area contributed by atoms with E-state index in [1.807, 2.05) is 13.8 Å². The maximum Gasteiger partial charge on any atom is 0.225 e. The summed E-state index contributed by atoms with van der Waals surface area (Å²) in [5.41, 5.74) is 6.56. The van der Waals surface area contributed by atoms with Crippen molar-refractivity contribution in [2.45, 2.75) is 64.5 Å². The Hall–Kier alpha value is -1.58. The van der Waals surface area contributed by atoms with Gasteiger partial charge < -0.3 is 15.7 Å². The quantitative estimate of drug-likeness (QED) is 0.836. The van der Waals surface area contributed by atoms with Crippen molar-refractivity contribution < 1.29 is 9.90 Å². The summed E-state index contributed by atoms with van der Waals surface area (Å²) < 4.78 is 0. The molecule has 2 heterocycles. The van der Waals surface area contributed by atoms with E-state index in [1.165, 1.54) is 11.3 Å². The fourth-order valence-electron chi connectivity index (χ4n) is 3.39. The van der Waals surface area contributed by atoms with Crippen molar-refractivity contribution in [1.29, 1.82) is 5.26 Å². The summed E-state index contributed by atoms with van der Waals surface area (Å²) in [6.07, 6.45) is 3.86. The highest BCUT2D eigenvalue weighted by atomic mass is 32.1. The molecule has 0 unspecified atom stereocenters. The van der Waals surface area contributed by atoms with Gasteiger partial charge in [0.1, 0.15) is 11.1 Å². The lowest BCUT2D eigenvalue weighted by Crippen LogP contribution is -2.41. The minimum Gasteiger partial charge on any atom is -0.389 e. The van der Waals surface area contributed by atoms with Crippen LogP contribution in [0.4, 0.5) is 5.00 Å². The third-order valence-corrected chi connectivity index (χ3v) is 5.51. The molecule has 0 aliphatic carbocycles. The number of hydrogen-bond donors (Lipinski definition) is 2. The number of rotatable bonds is 6. The van der Waals surface area contributed by atoms with Crippen molar-refractivity contribution >= 4 is 22.2 Å². The number of thiophene rings is 1. The number of amides is 1. The minimum atomic E-state index is -0.896. The van der Waals surface area contributed by atoms with Crippen molar-refractivity contribution in [2.24, 2.45) is 0 Å². The lowest BCUT2D eigenvalue weighted by Gasteiger charge is -2.32. The standard InChI is InChI=1S/C17H25N3O2S/c1-3-6-17(22,7-4-2)9-15(21)20-8-5-12-13(10-18)16(19)23-14(12)11-20/h22H,3-9,11,19H2,1-2H3. The normalized spacial score (nSPS) is 14.4. The molecule has 6 heteroatoms. The van der Waals surface area contributed by atoms with Crippen molar-refractivity contribution in [3.63, 3.8) is 0 Å². The molecule has 0 bridgehead atoms. The first-order valence-electron chi connectivity index (χ1n) is 8.24. The molecule has 1 aromatic heterocycles. The van der Waals surface area contributed by atoms with E-state index in [0.29, 0.717) is 42.9 Å². The zero-order valence-electron chi connectivity index (χ0n) is 13.9. The van der Waals surface area contributed by atoms with E-state index in [4.69, 9.17) is 5.73 Å². The molecule has 1 aromatic rings. The van der Waals surface area contributed by atoms with Crippen LogP contribution in [0.1, 0.15) is 62.0 Å². The Morgan fingerprint density at radius 3 is 2.65 bits per heavy atom. The molecule has 126 valence electrons. The second kappa shape index (κ2) is 7.33. The average molecular weight is 335 g/mol. The lowest BCUT2D eigenvalue weighted by molar-refractivity contribution is -0.138. The highest BCUT2D eigenvalue weighted by molar-refractivity contribution is 7.16. The van der Waals surface area contributed by atoms with Gasteiger partial charge in [0.25, 0.3) is 0 Å². The SMILES string of the molecule is CCCC(O)(CCC)CC(=O)N1CCc2c(sc(N)c2C#N)C1. The van der Waals surface area contributed by atoms with Gasteiger partial charge in [-0.25, -0.2) is 0 Å². The molecule has 5 nitrogen and oxygen atoms in total. The van der Waals surface area contributed by atoms with Crippen LogP contribution in [-0.2, 0) is 17.8 Å². The molecule has 1 aliphatic rings. The minimum absolute atomic E-state index is 0.00877. The van der Waals surface area contributed by atoms with Crippen molar-refractivity contribution in [2.75, 3.05) is 12.3 Å². The summed E-state index contributed by atoms with van der Waals surface area (Å²) in [4.78, 5) is 15.4. The number of nitrogens with two attached hydrogens (primary N) is 1. The maximum absolute atomic E-state index is 12.6. The summed E-state index contributed by atoms with van der Waals surface area (Å²) in [5, 5.41) is 20.4. The van der Waals surface area contributed by atoms with E-state index in [-0.39, 0.29) is 12.3 Å². The van der Waals surface area contributed by atoms with Gasteiger partial charge in [-0.1, -0.05) is 26.7 Å². The third-order valence-electron chi connectivity index (χ3n) is 4.46. The molecule has 3 N–H and O–H groups in total. The first-order valence-corrected chi connectivity index (χ1v) is 9.06. The van der Waals surface area contributed by atoms with E-state index >= 15 is 0 Å². The number of carbonyl (C=O) groups is 1. The predicted molar refractivity (Wildman–Crippen MR) is 92.0 cm³/mol. The van der Waals surface area contributed by atoms with Crippen LogP contribution in [-0.4, -0.2) is 28.1 Å². The first kappa shape index (κ1) is 17.8. The van der Waals surface area contributed by atoms with Gasteiger partial charge in [0, 0.05) is 11.4 Å². The van der Waals surface area contributed by atoms with Crippen LogP contribution in [0.5, 0.6) is 0 Å². The molecule has 0 saturated carbocycles. The zero-order valence-corrected chi connectivity index (χ0v) is 14.7. The van der Waals surface area contributed by atoms with Crippen LogP contribution in [0.25, 0.3) is 0 Å². The molecular formula is C17H25N3O2S. The molecule has 0 fully saturated rings. The van der Waals surface area contributed by atoms with Gasteiger partial charge in [-0.05, 0) is 24.8 Å². The Kier molecular flexibility index (Phi) is 5.66. The molecule has 0 aromatic carbocycles. The monoisotopic (exact) mass is 335 g/mol. The Balaban J connectivity index is 2.08. The van der Waals surface area contributed by atoms with E-state index in [0.717, 1.165) is 23.3 Å². The van der Waals surface area contributed by atoms with Gasteiger partial charge in [-0.2, -0.15) is 5.26 Å². The topological polar surface area (TPSA) is 90.3 Å². The van der Waals surface area contributed by atoms with Crippen molar-refractivity contribution in [3.05, 3.63) is 16.0 Å². The number of carbonyl (C=O) groups excluding carboxylic acids is 1. The number of aliphatic hydroxyl groups is 1. The molecular weight excluding hydrogens is 310 g/mol. The molecule has 23 heavy (non-hydrogen) atoms. The van der Waals surface area contributed by atoms with Crippen molar-refractivity contribution in [3.8, 4) is 6.07 Å². The van der Waals surface area contributed by atoms with E-state index in [9.17, 15) is 15.2 Å². The fourth-order valence-corrected chi connectivity index (χ4v) is 4.47. The number of nitriles is 1. The van der Waals surface area contributed by atoms with Gasteiger partial charge in [0.05, 0.1) is 24.1 Å². The first-order chi connectivity index (χ1) is 10.9. The molecule has 0 saturated heterocycles. The Bertz CT molecular complexity index is 612. The number of nitrogens with zero attached hydrogens (tertiary/aromatic N) is 2. The van der Waals surface area contributed by atoms with Gasteiger partial charge >= 0.3 is 0 Å². The molecule has 0 spiro atoms. The summed E-state index contributed by atoms with van der Waals surface area (Å²) in [7, 11) is 0. The predicted octanol–water partition coefficient (Wildman–Crippen LogP) is 2.81. The number of hydrogen-bond acceptors (Lipinski definition) is 5. The molecule has 2 rings (SSSR count). The van der Waals surface area contributed by atoms with Gasteiger partial charge in [0.15, 0.2) is 0 Å². The lowest BCUT2D eigenvalue weighted by atomic mass is 9.88. The summed E-state index contributed by atoms with van der Waals surface area (Å²) in [5.74, 6) is -0.00877. The molecule has 1 amide bonds. The highest BCUT2D eigenvalue weighted by Gasteiger charge is 2.32. The van der Waals surface area contributed by atoms with Crippen LogP contribution in [0.3, 0.4) is 0 Å². The van der Waals surface area contributed by atoms with E-state index < -0.39 is 5.60 Å². The summed E-state index contributed by atoms with van der Waals surface area (Å²) in [6, 6.07) is 2.16.